The molecule has 1 aliphatic heterocycles. The van der Waals surface area contributed by atoms with E-state index in [9.17, 15) is 31.5 Å². The van der Waals surface area contributed by atoms with Crippen molar-refractivity contribution < 1.29 is 36.3 Å². The Labute approximate surface area is 181 Å². The molecule has 0 unspecified atom stereocenters. The molecule has 1 aliphatic rings. The van der Waals surface area contributed by atoms with Crippen LogP contribution in [0, 0.1) is 24.5 Å². The maximum atomic E-state index is 14.2. The van der Waals surface area contributed by atoms with Crippen LogP contribution in [0.15, 0.2) is 30.6 Å². The number of amides is 1. The van der Waals surface area contributed by atoms with Crippen LogP contribution >= 0.6 is 0 Å². The summed E-state index contributed by atoms with van der Waals surface area (Å²) in [6.07, 6.45) is -2.81. The second kappa shape index (κ2) is 8.57. The summed E-state index contributed by atoms with van der Waals surface area (Å²) in [5.74, 6) is -5.67. The maximum Gasteiger partial charge on any atom is 0.417 e. The molecule has 10 heteroatoms. The first kappa shape index (κ1) is 23.8. The average molecular weight is 456 g/mol. The van der Waals surface area contributed by atoms with Crippen LogP contribution in [-0.2, 0) is 9.53 Å². The number of pyridine rings is 1. The number of ketones is 1. The summed E-state index contributed by atoms with van der Waals surface area (Å²) in [5, 5.41) is 2.54. The molecule has 5 nitrogen and oxygen atoms in total. The summed E-state index contributed by atoms with van der Waals surface area (Å²) in [6.45, 7) is 2.78. The fourth-order valence-electron chi connectivity index (χ4n) is 3.87. The smallest absolute Gasteiger partial charge is 0.365 e. The Morgan fingerprint density at radius 3 is 2.53 bits per heavy atom. The van der Waals surface area contributed by atoms with E-state index in [1.807, 2.05) is 0 Å². The van der Waals surface area contributed by atoms with E-state index >= 15 is 0 Å². The number of halogens is 5. The Kier molecular flexibility index (Phi) is 6.37. The monoisotopic (exact) mass is 456 g/mol. The molecule has 1 aromatic heterocycles. The molecule has 1 amide bonds. The molecule has 2 heterocycles. The van der Waals surface area contributed by atoms with E-state index in [1.54, 1.807) is 0 Å². The molecule has 1 fully saturated rings. The summed E-state index contributed by atoms with van der Waals surface area (Å²) >= 11 is 0. The van der Waals surface area contributed by atoms with E-state index in [-0.39, 0.29) is 28.2 Å². The Balaban J connectivity index is 2.01. The van der Waals surface area contributed by atoms with Crippen LogP contribution in [0.5, 0.6) is 0 Å². The number of anilines is 1. The highest BCUT2D eigenvalue weighted by atomic mass is 19.4. The molecule has 1 saturated heterocycles. The summed E-state index contributed by atoms with van der Waals surface area (Å²) in [7, 11) is 0. The highest BCUT2D eigenvalue weighted by molar-refractivity contribution is 6.04. The lowest BCUT2D eigenvalue weighted by Crippen LogP contribution is -2.53. The quantitative estimate of drug-likeness (QED) is 0.522. The summed E-state index contributed by atoms with van der Waals surface area (Å²) in [6, 6.07) is 3.40. The van der Waals surface area contributed by atoms with Crippen molar-refractivity contribution in [3.05, 3.63) is 58.9 Å². The lowest BCUT2D eigenvalue weighted by Gasteiger charge is -2.43. The van der Waals surface area contributed by atoms with Gasteiger partial charge in [-0.25, -0.2) is 8.78 Å². The number of nitrogens with zero attached hydrogens (tertiary/aromatic N) is 1. The number of Topliss-reactive ketones (excluding diaryl/α,β-unsaturated/α-hetero) is 1. The number of hydrogen-bond acceptors (Lipinski definition) is 4. The molecule has 0 bridgehead atoms. The summed E-state index contributed by atoms with van der Waals surface area (Å²) in [4.78, 5) is 28.7. The van der Waals surface area contributed by atoms with Crippen molar-refractivity contribution in [2.45, 2.75) is 44.9 Å². The topological polar surface area (TPSA) is 68.3 Å². The number of benzene rings is 1. The number of carbonyl (C=O) groups excluding carboxylic acids is 2. The number of ether oxygens (including phenoxy) is 1. The first-order valence-electron chi connectivity index (χ1n) is 9.76. The van der Waals surface area contributed by atoms with Crippen LogP contribution in [0.2, 0.25) is 0 Å². The molecule has 0 spiro atoms. The molecule has 3 rings (SSSR count). The van der Waals surface area contributed by atoms with Gasteiger partial charge in [0.1, 0.15) is 0 Å². The number of carbonyl (C=O) groups is 2. The number of rotatable bonds is 4. The van der Waals surface area contributed by atoms with Crippen LogP contribution in [0.4, 0.5) is 27.6 Å². The molecular formula is C22H21F5N2O3. The highest BCUT2D eigenvalue weighted by Gasteiger charge is 2.57. The number of nitrogens with one attached hydrogen (secondary N) is 1. The largest absolute Gasteiger partial charge is 0.417 e. The third kappa shape index (κ3) is 4.36. The number of alkyl halides is 3. The number of hydrogen-bond donors (Lipinski definition) is 1. The molecule has 0 radical (unpaired) electrons. The van der Waals surface area contributed by atoms with Gasteiger partial charge in [-0.05, 0) is 50.5 Å². The van der Waals surface area contributed by atoms with E-state index < -0.39 is 54.2 Å². The van der Waals surface area contributed by atoms with Gasteiger partial charge < -0.3 is 10.1 Å². The Bertz CT molecular complexity index is 1060. The van der Waals surface area contributed by atoms with Crippen molar-refractivity contribution >= 4 is 17.4 Å². The molecule has 1 aromatic carbocycles. The zero-order valence-electron chi connectivity index (χ0n) is 17.5. The third-order valence-corrected chi connectivity index (χ3v) is 5.85. The first-order valence-corrected chi connectivity index (χ1v) is 9.76. The molecule has 0 aliphatic carbocycles. The van der Waals surface area contributed by atoms with Crippen molar-refractivity contribution in [1.82, 2.24) is 4.98 Å². The minimum absolute atomic E-state index is 0.0874. The van der Waals surface area contributed by atoms with Crippen molar-refractivity contribution in [2.24, 2.45) is 5.92 Å². The van der Waals surface area contributed by atoms with Crippen LogP contribution < -0.4 is 5.32 Å². The zero-order valence-corrected chi connectivity index (χ0v) is 17.5. The van der Waals surface area contributed by atoms with Crippen molar-refractivity contribution in [3.63, 3.8) is 0 Å². The zero-order chi connectivity index (χ0) is 23.8. The first-order chi connectivity index (χ1) is 14.9. The molecule has 1 N–H and O–H groups in total. The van der Waals surface area contributed by atoms with Crippen molar-refractivity contribution in [2.75, 3.05) is 11.9 Å². The minimum atomic E-state index is -4.74. The second-order valence-corrected chi connectivity index (χ2v) is 8.00. The van der Waals surface area contributed by atoms with Gasteiger partial charge in [-0.2, -0.15) is 13.2 Å². The summed E-state index contributed by atoms with van der Waals surface area (Å²) < 4.78 is 74.0. The van der Waals surface area contributed by atoms with Crippen LogP contribution in [0.1, 0.15) is 47.7 Å². The lowest BCUT2D eigenvalue weighted by molar-refractivity contribution is -0.289. The minimum Gasteiger partial charge on any atom is -0.365 e. The van der Waals surface area contributed by atoms with E-state index in [0.29, 0.717) is 0 Å². The van der Waals surface area contributed by atoms with Gasteiger partial charge in [0.15, 0.2) is 23.0 Å². The van der Waals surface area contributed by atoms with Crippen LogP contribution in [-0.4, -0.2) is 35.1 Å². The van der Waals surface area contributed by atoms with Gasteiger partial charge in [0, 0.05) is 18.3 Å². The number of aromatic nitrogens is 1. The molecule has 2 aromatic rings. The normalized spacial score (nSPS) is 23.6. The predicted molar refractivity (Wildman–Crippen MR) is 105 cm³/mol. The maximum absolute atomic E-state index is 14.2. The second-order valence-electron chi connectivity index (χ2n) is 8.00. The van der Waals surface area contributed by atoms with Gasteiger partial charge in [-0.1, -0.05) is 6.07 Å². The Morgan fingerprint density at radius 1 is 1.22 bits per heavy atom. The average Bonchev–Trinajstić information content (AvgIpc) is 2.71. The Morgan fingerprint density at radius 2 is 1.91 bits per heavy atom. The molecule has 172 valence electrons. The highest BCUT2D eigenvalue weighted by Crippen LogP contribution is 2.48. The fourth-order valence-corrected chi connectivity index (χ4v) is 3.87. The SMILES string of the molecule is CC(=O)c1cnccc1NC(=O)[C@@H]1CO[C@@](C)(C(F)(F)F)C[C@H]1c1ccc(F)c(F)c1C. The van der Waals surface area contributed by atoms with Gasteiger partial charge in [0.25, 0.3) is 0 Å². The van der Waals surface area contributed by atoms with Crippen LogP contribution in [0.3, 0.4) is 0 Å². The van der Waals surface area contributed by atoms with Crippen molar-refractivity contribution in [3.8, 4) is 0 Å². The standard InChI is InChI=1S/C22H21F5N2O3/c1-11-13(4-5-17(23)19(11)24)14-8-21(3,22(25,26)27)32-10-16(14)20(31)29-18-6-7-28-9-15(18)12(2)30/h4-7,9,14,16H,8,10H2,1-3H3,(H,28,29,31)/t14-,16+,21+/m0/s1. The molecule has 0 saturated carbocycles. The van der Waals surface area contributed by atoms with Gasteiger partial charge in [-0.15, -0.1) is 0 Å². The van der Waals surface area contributed by atoms with Crippen molar-refractivity contribution in [1.29, 1.82) is 0 Å². The summed E-state index contributed by atoms with van der Waals surface area (Å²) in [5.41, 5.74) is -2.40. The Hall–Kier alpha value is -2.88. The van der Waals surface area contributed by atoms with Gasteiger partial charge in [0.05, 0.1) is 23.8 Å². The lowest BCUT2D eigenvalue weighted by atomic mass is 9.74. The molecule has 32 heavy (non-hydrogen) atoms. The van der Waals surface area contributed by atoms with Gasteiger partial charge >= 0.3 is 6.18 Å². The molecule has 3 atom stereocenters. The predicted octanol–water partition coefficient (Wildman–Crippen LogP) is 4.95. The van der Waals surface area contributed by atoms with Gasteiger partial charge in [-0.3, -0.25) is 14.6 Å². The van der Waals surface area contributed by atoms with E-state index in [2.05, 4.69) is 10.3 Å². The fraction of sp³-hybridized carbons (Fsp3) is 0.409. The molecular weight excluding hydrogens is 435 g/mol. The van der Waals surface area contributed by atoms with E-state index in [0.717, 1.165) is 13.0 Å². The van der Waals surface area contributed by atoms with E-state index in [1.165, 1.54) is 38.4 Å². The van der Waals surface area contributed by atoms with E-state index in [4.69, 9.17) is 4.74 Å². The third-order valence-electron chi connectivity index (χ3n) is 5.85. The van der Waals surface area contributed by atoms with Crippen LogP contribution in [0.25, 0.3) is 0 Å². The van der Waals surface area contributed by atoms with Gasteiger partial charge in [0.2, 0.25) is 5.91 Å².